The molecule has 1 rings (SSSR count). The van der Waals surface area contributed by atoms with Gasteiger partial charge in [0.1, 0.15) is 16.5 Å². The molecule has 1 aromatic carbocycles. The quantitative estimate of drug-likeness (QED) is 0.639. The maximum absolute atomic E-state index is 12.9. The van der Waals surface area contributed by atoms with Gasteiger partial charge in [-0.1, -0.05) is 34.8 Å². The van der Waals surface area contributed by atoms with Crippen LogP contribution in [0.15, 0.2) is 12.1 Å². The molecule has 0 saturated heterocycles. The molecule has 0 aromatic heterocycles. The monoisotopic (exact) mass is 230 g/mol. The summed E-state index contributed by atoms with van der Waals surface area (Å²) in [5.74, 6) is -1.68. The molecule has 0 bridgehead atoms. The Morgan fingerprint density at radius 1 is 1.08 bits per heavy atom. The van der Waals surface area contributed by atoms with Crippen LogP contribution in [0.3, 0.4) is 0 Å². The molecule has 0 fully saturated rings. The molecule has 0 aliphatic rings. The summed E-state index contributed by atoms with van der Waals surface area (Å²) < 4.78 is 25.7. The van der Waals surface area contributed by atoms with Crippen LogP contribution in [0.5, 0.6) is 0 Å². The predicted molar refractivity (Wildman–Crippen MR) is 45.8 cm³/mol. The first-order chi connectivity index (χ1) is 5.52. The number of rotatable bonds is 1. The molecular formula is C7H3Cl3F2. The Morgan fingerprint density at radius 2 is 1.50 bits per heavy atom. The first-order valence-electron chi connectivity index (χ1n) is 2.95. The van der Waals surface area contributed by atoms with E-state index < -0.39 is 16.5 Å². The fourth-order valence-electron chi connectivity index (χ4n) is 0.762. The SMILES string of the molecule is Fc1cc(Cl)cc(F)c1C(Cl)Cl. The molecule has 0 saturated carbocycles. The molecule has 0 N–H and O–H groups in total. The summed E-state index contributed by atoms with van der Waals surface area (Å²) in [5, 5.41) is -0.0252. The van der Waals surface area contributed by atoms with Gasteiger partial charge in [0, 0.05) is 5.02 Å². The summed E-state index contributed by atoms with van der Waals surface area (Å²) in [6.45, 7) is 0. The Kier molecular flexibility index (Phi) is 3.16. The Morgan fingerprint density at radius 3 is 1.83 bits per heavy atom. The largest absolute Gasteiger partial charge is 0.206 e. The fraction of sp³-hybridized carbons (Fsp3) is 0.143. The summed E-state index contributed by atoms with van der Waals surface area (Å²) in [7, 11) is 0. The van der Waals surface area contributed by atoms with Crippen molar-refractivity contribution in [1.82, 2.24) is 0 Å². The second-order valence-corrected chi connectivity index (χ2v) is 3.62. The van der Waals surface area contributed by atoms with E-state index in [0.717, 1.165) is 12.1 Å². The minimum Gasteiger partial charge on any atom is -0.206 e. The Labute approximate surface area is 83.0 Å². The van der Waals surface area contributed by atoms with Crippen molar-refractivity contribution in [3.05, 3.63) is 34.4 Å². The lowest BCUT2D eigenvalue weighted by molar-refractivity contribution is 0.564. The molecule has 0 aliphatic carbocycles. The highest BCUT2D eigenvalue weighted by atomic mass is 35.5. The van der Waals surface area contributed by atoms with E-state index in [-0.39, 0.29) is 10.6 Å². The van der Waals surface area contributed by atoms with Crippen molar-refractivity contribution in [2.75, 3.05) is 0 Å². The van der Waals surface area contributed by atoms with E-state index >= 15 is 0 Å². The number of alkyl halides is 2. The average molecular weight is 231 g/mol. The Hall–Kier alpha value is -0.0500. The molecule has 66 valence electrons. The lowest BCUT2D eigenvalue weighted by atomic mass is 10.2. The third-order valence-corrected chi connectivity index (χ3v) is 1.92. The van der Waals surface area contributed by atoms with E-state index in [9.17, 15) is 8.78 Å². The van der Waals surface area contributed by atoms with Crippen LogP contribution in [0, 0.1) is 11.6 Å². The van der Waals surface area contributed by atoms with Crippen LogP contribution in [0.4, 0.5) is 8.78 Å². The average Bonchev–Trinajstić information content (AvgIpc) is 1.82. The first kappa shape index (κ1) is 10.0. The maximum Gasteiger partial charge on any atom is 0.138 e. The highest BCUT2D eigenvalue weighted by Crippen LogP contribution is 2.31. The summed E-state index contributed by atoms with van der Waals surface area (Å²) in [5.41, 5.74) is -0.372. The Balaban J connectivity index is 3.28. The third-order valence-electron chi connectivity index (χ3n) is 1.26. The summed E-state index contributed by atoms with van der Waals surface area (Å²) in [6, 6.07) is 1.91. The van der Waals surface area contributed by atoms with Crippen molar-refractivity contribution < 1.29 is 8.78 Å². The van der Waals surface area contributed by atoms with Crippen molar-refractivity contribution >= 4 is 34.8 Å². The number of benzene rings is 1. The van der Waals surface area contributed by atoms with Crippen molar-refractivity contribution in [3.63, 3.8) is 0 Å². The molecule has 0 radical (unpaired) electrons. The molecule has 0 atom stereocenters. The Bertz CT molecular complexity index is 276. The second-order valence-electron chi connectivity index (χ2n) is 2.08. The highest BCUT2D eigenvalue weighted by Gasteiger charge is 2.16. The molecule has 5 heteroatoms. The van der Waals surface area contributed by atoms with E-state index in [1.54, 1.807) is 0 Å². The van der Waals surface area contributed by atoms with Gasteiger partial charge in [-0.05, 0) is 12.1 Å². The zero-order chi connectivity index (χ0) is 9.30. The molecule has 1 aromatic rings. The molecule has 0 unspecified atom stereocenters. The van der Waals surface area contributed by atoms with Crippen LogP contribution in [-0.4, -0.2) is 0 Å². The zero-order valence-corrected chi connectivity index (χ0v) is 7.89. The molecule has 0 aliphatic heterocycles. The van der Waals surface area contributed by atoms with Gasteiger partial charge in [0.2, 0.25) is 0 Å². The highest BCUT2D eigenvalue weighted by molar-refractivity contribution is 6.44. The van der Waals surface area contributed by atoms with Crippen molar-refractivity contribution in [1.29, 1.82) is 0 Å². The van der Waals surface area contributed by atoms with Crippen molar-refractivity contribution in [2.45, 2.75) is 4.84 Å². The normalized spacial score (nSPS) is 10.8. The van der Waals surface area contributed by atoms with Crippen LogP contribution >= 0.6 is 34.8 Å². The van der Waals surface area contributed by atoms with Gasteiger partial charge in [-0.15, -0.1) is 0 Å². The summed E-state index contributed by atoms with van der Waals surface area (Å²) >= 11 is 16.0. The lowest BCUT2D eigenvalue weighted by Crippen LogP contribution is -1.94. The molecule has 0 amide bonds. The molecule has 0 heterocycles. The lowest BCUT2D eigenvalue weighted by Gasteiger charge is -2.04. The van der Waals surface area contributed by atoms with Crippen LogP contribution in [-0.2, 0) is 0 Å². The second kappa shape index (κ2) is 3.77. The van der Waals surface area contributed by atoms with E-state index in [2.05, 4.69) is 0 Å². The van der Waals surface area contributed by atoms with Gasteiger partial charge in [-0.2, -0.15) is 0 Å². The van der Waals surface area contributed by atoms with Crippen molar-refractivity contribution in [2.24, 2.45) is 0 Å². The van der Waals surface area contributed by atoms with E-state index in [4.69, 9.17) is 34.8 Å². The molecule has 0 nitrogen and oxygen atoms in total. The standard InChI is InChI=1S/C7H3Cl3F2/c8-3-1-4(11)6(7(9)10)5(12)2-3/h1-2,7H. The number of halogens is 5. The van der Waals surface area contributed by atoms with Crippen LogP contribution < -0.4 is 0 Å². The molecule has 12 heavy (non-hydrogen) atoms. The van der Waals surface area contributed by atoms with Gasteiger partial charge in [-0.3, -0.25) is 0 Å². The summed E-state index contributed by atoms with van der Waals surface area (Å²) in [4.78, 5) is -1.22. The van der Waals surface area contributed by atoms with Gasteiger partial charge in [0.25, 0.3) is 0 Å². The minimum absolute atomic E-state index is 0.0252. The van der Waals surface area contributed by atoms with Gasteiger partial charge < -0.3 is 0 Å². The van der Waals surface area contributed by atoms with Gasteiger partial charge in [0.05, 0.1) is 5.56 Å². The van der Waals surface area contributed by atoms with E-state index in [0.29, 0.717) is 0 Å². The third kappa shape index (κ3) is 2.00. The predicted octanol–water partition coefficient (Wildman–Crippen LogP) is 4.09. The van der Waals surface area contributed by atoms with Crippen molar-refractivity contribution in [3.8, 4) is 0 Å². The van der Waals surface area contributed by atoms with E-state index in [1.807, 2.05) is 0 Å². The van der Waals surface area contributed by atoms with Crippen LogP contribution in [0.2, 0.25) is 5.02 Å². The minimum atomic E-state index is -1.22. The first-order valence-corrected chi connectivity index (χ1v) is 4.20. The molecular weight excluding hydrogens is 228 g/mol. The smallest absolute Gasteiger partial charge is 0.138 e. The fourth-order valence-corrected chi connectivity index (χ4v) is 1.37. The van der Waals surface area contributed by atoms with E-state index in [1.165, 1.54) is 0 Å². The topological polar surface area (TPSA) is 0 Å². The van der Waals surface area contributed by atoms with Gasteiger partial charge >= 0.3 is 0 Å². The zero-order valence-electron chi connectivity index (χ0n) is 5.62. The van der Waals surface area contributed by atoms with Crippen LogP contribution in [0.1, 0.15) is 10.4 Å². The number of hydrogen-bond acceptors (Lipinski definition) is 0. The summed E-state index contributed by atoms with van der Waals surface area (Å²) in [6.07, 6.45) is 0. The number of hydrogen-bond donors (Lipinski definition) is 0. The van der Waals surface area contributed by atoms with Gasteiger partial charge in [0.15, 0.2) is 0 Å². The van der Waals surface area contributed by atoms with Gasteiger partial charge in [-0.25, -0.2) is 8.78 Å². The molecule has 0 spiro atoms. The van der Waals surface area contributed by atoms with Crippen LogP contribution in [0.25, 0.3) is 0 Å². The maximum atomic E-state index is 12.9.